The summed E-state index contributed by atoms with van der Waals surface area (Å²) in [6.07, 6.45) is 9.14. The zero-order valence-electron chi connectivity index (χ0n) is 13.4. The SMILES string of the molecule is C=C(C)C(=O)OCC1(CC)C2CCC(C2)C1CCCC. The van der Waals surface area contributed by atoms with Crippen molar-refractivity contribution in [2.75, 3.05) is 6.61 Å². The van der Waals surface area contributed by atoms with Gasteiger partial charge in [0, 0.05) is 11.0 Å². The van der Waals surface area contributed by atoms with Gasteiger partial charge < -0.3 is 4.74 Å². The molecule has 0 aromatic rings. The van der Waals surface area contributed by atoms with Crippen molar-refractivity contribution in [3.63, 3.8) is 0 Å². The standard InChI is InChI=1S/C18H30O2/c1-5-7-8-16-14-9-10-15(11-14)18(16,6-2)12-20-17(19)13(3)4/h14-16H,3,5-12H2,1-2,4H3. The summed E-state index contributed by atoms with van der Waals surface area (Å²) in [5.74, 6) is 2.21. The van der Waals surface area contributed by atoms with Crippen molar-refractivity contribution in [3.05, 3.63) is 12.2 Å². The zero-order valence-corrected chi connectivity index (χ0v) is 13.4. The molecular weight excluding hydrogens is 248 g/mol. The molecule has 0 aromatic carbocycles. The summed E-state index contributed by atoms with van der Waals surface area (Å²) in [6, 6.07) is 0. The van der Waals surface area contributed by atoms with E-state index in [0.29, 0.717) is 12.2 Å². The van der Waals surface area contributed by atoms with Crippen LogP contribution >= 0.6 is 0 Å². The van der Waals surface area contributed by atoms with E-state index in [-0.39, 0.29) is 11.4 Å². The second kappa shape index (κ2) is 6.32. The molecule has 2 nitrogen and oxygen atoms in total. The first-order valence-electron chi connectivity index (χ1n) is 8.37. The fourth-order valence-electron chi connectivity index (χ4n) is 4.82. The van der Waals surface area contributed by atoms with Crippen molar-refractivity contribution >= 4 is 5.97 Å². The highest BCUT2D eigenvalue weighted by molar-refractivity contribution is 5.86. The Morgan fingerprint density at radius 2 is 2.10 bits per heavy atom. The Kier molecular flexibility index (Phi) is 4.93. The van der Waals surface area contributed by atoms with Crippen LogP contribution in [0, 0.1) is 23.2 Å². The maximum absolute atomic E-state index is 11.8. The zero-order chi connectivity index (χ0) is 14.8. The van der Waals surface area contributed by atoms with Crippen LogP contribution in [0.25, 0.3) is 0 Å². The van der Waals surface area contributed by atoms with E-state index in [0.717, 1.165) is 24.2 Å². The Labute approximate surface area is 124 Å². The second-order valence-electron chi connectivity index (χ2n) is 6.96. The topological polar surface area (TPSA) is 26.3 Å². The van der Waals surface area contributed by atoms with Crippen molar-refractivity contribution in [2.24, 2.45) is 23.2 Å². The van der Waals surface area contributed by atoms with Crippen LogP contribution in [0.4, 0.5) is 0 Å². The molecule has 4 unspecified atom stereocenters. The lowest BCUT2D eigenvalue weighted by Crippen LogP contribution is -2.40. The highest BCUT2D eigenvalue weighted by atomic mass is 16.5. The summed E-state index contributed by atoms with van der Waals surface area (Å²) >= 11 is 0. The summed E-state index contributed by atoms with van der Waals surface area (Å²) in [5, 5.41) is 0. The van der Waals surface area contributed by atoms with Crippen LogP contribution in [0.15, 0.2) is 12.2 Å². The Morgan fingerprint density at radius 1 is 1.35 bits per heavy atom. The molecule has 2 bridgehead atoms. The van der Waals surface area contributed by atoms with Crippen LogP contribution in [0.3, 0.4) is 0 Å². The minimum absolute atomic E-state index is 0.213. The molecule has 2 aliphatic rings. The van der Waals surface area contributed by atoms with Crippen LogP contribution in [0.5, 0.6) is 0 Å². The Hall–Kier alpha value is -0.790. The van der Waals surface area contributed by atoms with E-state index >= 15 is 0 Å². The van der Waals surface area contributed by atoms with Gasteiger partial charge in [-0.2, -0.15) is 0 Å². The number of ether oxygens (including phenoxy) is 1. The van der Waals surface area contributed by atoms with Gasteiger partial charge >= 0.3 is 5.97 Å². The molecule has 20 heavy (non-hydrogen) atoms. The quantitative estimate of drug-likeness (QED) is 0.497. The first kappa shape index (κ1) is 15.6. The fraction of sp³-hybridized carbons (Fsp3) is 0.833. The van der Waals surface area contributed by atoms with E-state index in [4.69, 9.17) is 4.74 Å². The maximum atomic E-state index is 11.8. The first-order valence-corrected chi connectivity index (χ1v) is 8.37. The summed E-state index contributed by atoms with van der Waals surface area (Å²) < 4.78 is 5.61. The molecule has 2 saturated carbocycles. The molecule has 0 spiro atoms. The molecule has 0 aromatic heterocycles. The van der Waals surface area contributed by atoms with Gasteiger partial charge in [-0.15, -0.1) is 0 Å². The molecule has 0 amide bonds. The van der Waals surface area contributed by atoms with E-state index in [1.54, 1.807) is 6.92 Å². The van der Waals surface area contributed by atoms with Crippen LogP contribution in [-0.2, 0) is 9.53 Å². The number of esters is 1. The third-order valence-corrected chi connectivity index (χ3v) is 5.94. The predicted octanol–water partition coefficient (Wildman–Crippen LogP) is 4.74. The van der Waals surface area contributed by atoms with Crippen LogP contribution < -0.4 is 0 Å². The summed E-state index contributed by atoms with van der Waals surface area (Å²) in [5.41, 5.74) is 0.771. The number of hydrogen-bond acceptors (Lipinski definition) is 2. The van der Waals surface area contributed by atoms with Crippen molar-refractivity contribution in [1.82, 2.24) is 0 Å². The third kappa shape index (κ3) is 2.66. The van der Waals surface area contributed by atoms with Gasteiger partial charge in [0.2, 0.25) is 0 Å². The fourth-order valence-corrected chi connectivity index (χ4v) is 4.82. The van der Waals surface area contributed by atoms with Gasteiger partial charge in [0.1, 0.15) is 0 Å². The Balaban J connectivity index is 2.09. The number of rotatable bonds is 7. The smallest absolute Gasteiger partial charge is 0.333 e. The first-order chi connectivity index (χ1) is 9.55. The van der Waals surface area contributed by atoms with Gasteiger partial charge in [-0.05, 0) is 56.8 Å². The maximum Gasteiger partial charge on any atom is 0.333 e. The average molecular weight is 278 g/mol. The molecule has 0 N–H and O–H groups in total. The summed E-state index contributed by atoms with van der Waals surface area (Å²) in [7, 11) is 0. The summed E-state index contributed by atoms with van der Waals surface area (Å²) in [4.78, 5) is 11.8. The highest BCUT2D eigenvalue weighted by Gasteiger charge is 2.56. The molecule has 0 aliphatic heterocycles. The van der Waals surface area contributed by atoms with E-state index in [1.165, 1.54) is 38.5 Å². The van der Waals surface area contributed by atoms with Gasteiger partial charge in [0.25, 0.3) is 0 Å². The van der Waals surface area contributed by atoms with E-state index in [2.05, 4.69) is 20.4 Å². The van der Waals surface area contributed by atoms with E-state index in [9.17, 15) is 4.79 Å². The van der Waals surface area contributed by atoms with Gasteiger partial charge in [-0.1, -0.05) is 33.3 Å². The van der Waals surface area contributed by atoms with Crippen LogP contribution in [0.2, 0.25) is 0 Å². The van der Waals surface area contributed by atoms with Crippen LogP contribution in [-0.4, -0.2) is 12.6 Å². The number of hydrogen-bond donors (Lipinski definition) is 0. The van der Waals surface area contributed by atoms with Gasteiger partial charge in [0.05, 0.1) is 6.61 Å². The number of fused-ring (bicyclic) bond motifs is 2. The van der Waals surface area contributed by atoms with Crippen molar-refractivity contribution in [1.29, 1.82) is 0 Å². The van der Waals surface area contributed by atoms with Crippen LogP contribution in [0.1, 0.15) is 65.7 Å². The normalized spacial score (nSPS) is 35.2. The van der Waals surface area contributed by atoms with Crippen molar-refractivity contribution in [3.8, 4) is 0 Å². The lowest BCUT2D eigenvalue weighted by molar-refractivity contribution is -0.146. The van der Waals surface area contributed by atoms with Crippen molar-refractivity contribution in [2.45, 2.75) is 65.7 Å². The molecule has 2 rings (SSSR count). The van der Waals surface area contributed by atoms with E-state index in [1.807, 2.05) is 0 Å². The molecule has 0 radical (unpaired) electrons. The average Bonchev–Trinajstić information content (AvgIpc) is 3.02. The highest BCUT2D eigenvalue weighted by Crippen LogP contribution is 2.62. The summed E-state index contributed by atoms with van der Waals surface area (Å²) in [6.45, 7) is 10.6. The molecule has 2 fully saturated rings. The number of unbranched alkanes of at least 4 members (excludes halogenated alkanes) is 1. The lowest BCUT2D eigenvalue weighted by atomic mass is 9.63. The molecule has 114 valence electrons. The third-order valence-electron chi connectivity index (χ3n) is 5.94. The molecule has 0 heterocycles. The minimum atomic E-state index is -0.213. The van der Waals surface area contributed by atoms with Gasteiger partial charge in [-0.3, -0.25) is 0 Å². The van der Waals surface area contributed by atoms with E-state index < -0.39 is 0 Å². The monoisotopic (exact) mass is 278 g/mol. The number of carbonyl (C=O) groups excluding carboxylic acids is 1. The molecule has 0 saturated heterocycles. The predicted molar refractivity (Wildman–Crippen MR) is 82.3 cm³/mol. The molecule has 2 aliphatic carbocycles. The molecule has 4 atom stereocenters. The lowest BCUT2D eigenvalue weighted by Gasteiger charge is -2.43. The number of carbonyl (C=O) groups is 1. The van der Waals surface area contributed by atoms with Crippen molar-refractivity contribution < 1.29 is 9.53 Å². The largest absolute Gasteiger partial charge is 0.462 e. The van der Waals surface area contributed by atoms with Gasteiger partial charge in [-0.25, -0.2) is 4.79 Å². The molecular formula is C18H30O2. The Morgan fingerprint density at radius 3 is 2.70 bits per heavy atom. The Bertz CT molecular complexity index is 374. The molecule has 2 heteroatoms. The second-order valence-corrected chi connectivity index (χ2v) is 6.96. The van der Waals surface area contributed by atoms with Gasteiger partial charge in [0.15, 0.2) is 0 Å². The minimum Gasteiger partial charge on any atom is -0.462 e.